The number of rotatable bonds is 8. The summed E-state index contributed by atoms with van der Waals surface area (Å²) in [5.41, 5.74) is -0.332. The van der Waals surface area contributed by atoms with Gasteiger partial charge in [0.05, 0.1) is 23.4 Å². The van der Waals surface area contributed by atoms with E-state index in [1.165, 1.54) is 6.07 Å². The van der Waals surface area contributed by atoms with E-state index < -0.39 is 30.2 Å². The molecule has 2 aromatic rings. The van der Waals surface area contributed by atoms with E-state index in [1.807, 2.05) is 6.92 Å². The molecule has 2 aromatic carbocycles. The van der Waals surface area contributed by atoms with E-state index in [0.717, 1.165) is 18.2 Å². The zero-order valence-corrected chi connectivity index (χ0v) is 15.9. The van der Waals surface area contributed by atoms with Crippen LogP contribution in [-0.4, -0.2) is 32.1 Å². The number of benzene rings is 2. The van der Waals surface area contributed by atoms with Gasteiger partial charge in [-0.3, -0.25) is 4.79 Å². The van der Waals surface area contributed by atoms with E-state index >= 15 is 0 Å². The molecule has 0 heterocycles. The summed E-state index contributed by atoms with van der Waals surface area (Å²) in [4.78, 5) is 24.3. The molecule has 0 saturated heterocycles. The minimum Gasteiger partial charge on any atom is -0.491 e. The number of esters is 1. The Hall–Kier alpha value is -3.23. The molecule has 0 bridgehead atoms. The van der Waals surface area contributed by atoms with E-state index in [4.69, 9.17) is 9.47 Å². The van der Waals surface area contributed by atoms with Crippen LogP contribution in [0.3, 0.4) is 0 Å². The Kier molecular flexibility index (Phi) is 7.46. The molecule has 6 nitrogen and oxygen atoms in total. The lowest BCUT2D eigenvalue weighted by Crippen LogP contribution is -2.22. The average molecular weight is 410 g/mol. The second-order valence-electron chi connectivity index (χ2n) is 5.98. The minimum atomic E-state index is -4.58. The smallest absolute Gasteiger partial charge is 0.416 e. The van der Waals surface area contributed by atoms with Gasteiger partial charge in [0.2, 0.25) is 0 Å². The van der Waals surface area contributed by atoms with Crippen molar-refractivity contribution in [1.82, 2.24) is 0 Å². The van der Waals surface area contributed by atoms with Crippen LogP contribution in [0.4, 0.5) is 24.5 Å². The van der Waals surface area contributed by atoms with Crippen LogP contribution in [0.5, 0.6) is 5.75 Å². The summed E-state index contributed by atoms with van der Waals surface area (Å²) in [5, 5.41) is 5.14. The molecule has 0 spiro atoms. The Morgan fingerprint density at radius 3 is 2.45 bits per heavy atom. The summed E-state index contributed by atoms with van der Waals surface area (Å²) in [6.45, 7) is 1.44. The molecule has 0 atom stereocenters. The van der Waals surface area contributed by atoms with Gasteiger partial charge in [-0.25, -0.2) is 4.79 Å². The Bertz CT molecular complexity index is 869. The number of halogens is 3. The lowest BCUT2D eigenvalue weighted by Gasteiger charge is -2.15. The molecule has 1 amide bonds. The first-order valence-electron chi connectivity index (χ1n) is 8.84. The number of para-hydroxylation sites is 1. The third kappa shape index (κ3) is 6.13. The Labute approximate surface area is 166 Å². The number of anilines is 2. The molecule has 2 N–H and O–H groups in total. The van der Waals surface area contributed by atoms with Crippen molar-refractivity contribution in [3.05, 3.63) is 53.6 Å². The third-order valence-electron chi connectivity index (χ3n) is 3.79. The van der Waals surface area contributed by atoms with Crippen LogP contribution < -0.4 is 15.4 Å². The van der Waals surface area contributed by atoms with Crippen LogP contribution >= 0.6 is 0 Å². The van der Waals surface area contributed by atoms with Gasteiger partial charge in [-0.2, -0.15) is 13.2 Å². The Morgan fingerprint density at radius 1 is 1.07 bits per heavy atom. The number of nitrogens with one attached hydrogen (secondary N) is 2. The lowest BCUT2D eigenvalue weighted by atomic mass is 10.1. The standard InChI is InChI=1S/C20H21F3N2O4/c1-3-10-28-17-9-8-13(20(21,22)23)11-16(17)25-18(26)12-29-19(27)14-6-4-5-7-15(14)24-2/h4-9,11,24H,3,10,12H2,1-2H3,(H,25,26). The molecule has 29 heavy (non-hydrogen) atoms. The second-order valence-corrected chi connectivity index (χ2v) is 5.98. The fourth-order valence-corrected chi connectivity index (χ4v) is 2.42. The summed E-state index contributed by atoms with van der Waals surface area (Å²) in [7, 11) is 1.63. The van der Waals surface area contributed by atoms with Crippen molar-refractivity contribution in [2.45, 2.75) is 19.5 Å². The molecule has 156 valence electrons. The van der Waals surface area contributed by atoms with Crippen molar-refractivity contribution in [3.63, 3.8) is 0 Å². The lowest BCUT2D eigenvalue weighted by molar-refractivity contribution is -0.137. The Morgan fingerprint density at radius 2 is 1.79 bits per heavy atom. The van der Waals surface area contributed by atoms with Gasteiger partial charge >= 0.3 is 12.1 Å². The van der Waals surface area contributed by atoms with Crippen molar-refractivity contribution in [3.8, 4) is 5.75 Å². The normalized spacial score (nSPS) is 10.9. The van der Waals surface area contributed by atoms with Gasteiger partial charge in [-0.05, 0) is 36.8 Å². The molecule has 0 saturated carbocycles. The monoisotopic (exact) mass is 410 g/mol. The molecule has 0 radical (unpaired) electrons. The molecule has 0 unspecified atom stereocenters. The van der Waals surface area contributed by atoms with Crippen molar-refractivity contribution in [2.24, 2.45) is 0 Å². The molecule has 0 aromatic heterocycles. The fraction of sp³-hybridized carbons (Fsp3) is 0.300. The van der Waals surface area contributed by atoms with Gasteiger partial charge in [0.25, 0.3) is 5.91 Å². The quantitative estimate of drug-likeness (QED) is 0.634. The molecule has 2 rings (SSSR count). The maximum Gasteiger partial charge on any atom is 0.416 e. The molecular formula is C20H21F3N2O4. The summed E-state index contributed by atoms with van der Waals surface area (Å²) >= 11 is 0. The summed E-state index contributed by atoms with van der Waals surface area (Å²) in [5.74, 6) is -1.43. The first kappa shape index (κ1) is 22.1. The highest BCUT2D eigenvalue weighted by molar-refractivity contribution is 5.99. The first-order valence-corrected chi connectivity index (χ1v) is 8.84. The van der Waals surface area contributed by atoms with E-state index in [-0.39, 0.29) is 23.6 Å². The minimum absolute atomic E-state index is 0.0973. The maximum absolute atomic E-state index is 13.0. The summed E-state index contributed by atoms with van der Waals surface area (Å²) in [6.07, 6.45) is -3.94. The first-order chi connectivity index (χ1) is 13.8. The van der Waals surface area contributed by atoms with E-state index in [2.05, 4.69) is 10.6 Å². The van der Waals surface area contributed by atoms with Crippen molar-refractivity contribution in [1.29, 1.82) is 0 Å². The predicted molar refractivity (Wildman–Crippen MR) is 102 cm³/mol. The number of carbonyl (C=O) groups is 2. The number of ether oxygens (including phenoxy) is 2. The van der Waals surface area contributed by atoms with Gasteiger partial charge in [0.15, 0.2) is 6.61 Å². The topological polar surface area (TPSA) is 76.7 Å². The SMILES string of the molecule is CCCOc1ccc(C(F)(F)F)cc1NC(=O)COC(=O)c1ccccc1NC. The van der Waals surface area contributed by atoms with E-state index in [1.54, 1.807) is 25.2 Å². The van der Waals surface area contributed by atoms with Crippen LogP contribution in [-0.2, 0) is 15.7 Å². The van der Waals surface area contributed by atoms with Crippen LogP contribution in [0.15, 0.2) is 42.5 Å². The zero-order chi connectivity index (χ0) is 21.4. The number of alkyl halides is 3. The second kappa shape index (κ2) is 9.81. The van der Waals surface area contributed by atoms with Crippen molar-refractivity contribution < 1.29 is 32.2 Å². The molecule has 0 aliphatic rings. The van der Waals surface area contributed by atoms with Crippen molar-refractivity contribution in [2.75, 3.05) is 30.9 Å². The summed E-state index contributed by atoms with van der Waals surface area (Å²) < 4.78 is 49.3. The number of amides is 1. The van der Waals surface area contributed by atoms with Crippen LogP contribution in [0.25, 0.3) is 0 Å². The highest BCUT2D eigenvalue weighted by atomic mass is 19.4. The number of carbonyl (C=O) groups excluding carboxylic acids is 2. The van der Waals surface area contributed by atoms with Gasteiger partial charge in [-0.15, -0.1) is 0 Å². The van der Waals surface area contributed by atoms with Crippen LogP contribution in [0, 0.1) is 0 Å². The molecular weight excluding hydrogens is 389 g/mol. The molecule has 0 aliphatic heterocycles. The fourth-order valence-electron chi connectivity index (χ4n) is 2.42. The summed E-state index contributed by atoms with van der Waals surface area (Å²) in [6, 6.07) is 9.34. The predicted octanol–water partition coefficient (Wildman–Crippen LogP) is 4.33. The van der Waals surface area contributed by atoms with Gasteiger partial charge < -0.3 is 20.1 Å². The van der Waals surface area contributed by atoms with E-state index in [0.29, 0.717) is 12.1 Å². The maximum atomic E-state index is 13.0. The number of hydrogen-bond donors (Lipinski definition) is 2. The van der Waals surface area contributed by atoms with Gasteiger partial charge in [0.1, 0.15) is 5.75 Å². The van der Waals surface area contributed by atoms with Gasteiger partial charge in [0, 0.05) is 12.7 Å². The van der Waals surface area contributed by atoms with Crippen molar-refractivity contribution >= 4 is 23.3 Å². The largest absolute Gasteiger partial charge is 0.491 e. The Balaban J connectivity index is 2.09. The highest BCUT2D eigenvalue weighted by Crippen LogP contribution is 2.35. The van der Waals surface area contributed by atoms with Gasteiger partial charge in [-0.1, -0.05) is 19.1 Å². The number of hydrogen-bond acceptors (Lipinski definition) is 5. The molecule has 0 aliphatic carbocycles. The average Bonchev–Trinajstić information content (AvgIpc) is 2.70. The molecule has 0 fully saturated rings. The third-order valence-corrected chi connectivity index (χ3v) is 3.79. The molecule has 9 heteroatoms. The highest BCUT2D eigenvalue weighted by Gasteiger charge is 2.31. The van der Waals surface area contributed by atoms with Crippen LogP contribution in [0.1, 0.15) is 29.3 Å². The van der Waals surface area contributed by atoms with E-state index in [9.17, 15) is 22.8 Å². The van der Waals surface area contributed by atoms with Crippen LogP contribution in [0.2, 0.25) is 0 Å². The zero-order valence-electron chi connectivity index (χ0n) is 15.9.